The van der Waals surface area contributed by atoms with Crippen LogP contribution >= 0.6 is 0 Å². The fraction of sp³-hybridized carbons (Fsp3) is 0.357. The van der Waals surface area contributed by atoms with E-state index in [0.29, 0.717) is 0 Å². The summed E-state index contributed by atoms with van der Waals surface area (Å²) in [5.74, 6) is 1.64. The lowest BCUT2D eigenvalue weighted by Crippen LogP contribution is -2.10. The summed E-state index contributed by atoms with van der Waals surface area (Å²) < 4.78 is 7.04. The van der Waals surface area contributed by atoms with Crippen molar-refractivity contribution < 1.29 is 4.52 Å². The average Bonchev–Trinajstić information content (AvgIpc) is 2.92. The Kier molecular flexibility index (Phi) is 2.93. The molecule has 3 aromatic rings. The van der Waals surface area contributed by atoms with Crippen molar-refractivity contribution in [2.45, 2.75) is 33.7 Å². The third kappa shape index (κ3) is 2.03. The number of nitrogens with one attached hydrogen (secondary N) is 1. The SMILES string of the molecule is Cc1cc2c(NC(C)c3c(C)noc3C)nccn2n1. The van der Waals surface area contributed by atoms with E-state index in [1.807, 2.05) is 37.5 Å². The summed E-state index contributed by atoms with van der Waals surface area (Å²) in [5.41, 5.74) is 3.90. The molecule has 3 aromatic heterocycles. The highest BCUT2D eigenvalue weighted by Crippen LogP contribution is 2.26. The molecule has 0 saturated carbocycles. The molecule has 1 atom stereocenters. The van der Waals surface area contributed by atoms with E-state index in [4.69, 9.17) is 4.52 Å². The first-order chi connectivity index (χ1) is 9.56. The highest BCUT2D eigenvalue weighted by molar-refractivity contribution is 5.68. The minimum Gasteiger partial charge on any atom is -0.362 e. The Labute approximate surface area is 116 Å². The van der Waals surface area contributed by atoms with Gasteiger partial charge in [0.1, 0.15) is 11.3 Å². The minimum absolute atomic E-state index is 0.0650. The van der Waals surface area contributed by atoms with Crippen molar-refractivity contribution in [3.63, 3.8) is 0 Å². The zero-order valence-electron chi connectivity index (χ0n) is 12.0. The second-order valence-corrected chi connectivity index (χ2v) is 5.00. The first-order valence-electron chi connectivity index (χ1n) is 6.56. The Morgan fingerprint density at radius 3 is 2.80 bits per heavy atom. The number of fused-ring (bicyclic) bond motifs is 1. The summed E-state index contributed by atoms with van der Waals surface area (Å²) >= 11 is 0. The normalized spacial score (nSPS) is 12.8. The van der Waals surface area contributed by atoms with Gasteiger partial charge >= 0.3 is 0 Å². The van der Waals surface area contributed by atoms with Gasteiger partial charge in [0.15, 0.2) is 5.82 Å². The van der Waals surface area contributed by atoms with Crippen molar-refractivity contribution in [1.82, 2.24) is 19.8 Å². The Balaban J connectivity index is 1.97. The fourth-order valence-corrected chi connectivity index (χ4v) is 2.54. The van der Waals surface area contributed by atoms with Gasteiger partial charge in [-0.05, 0) is 33.8 Å². The molecule has 104 valence electrons. The Morgan fingerprint density at radius 2 is 2.10 bits per heavy atom. The molecule has 0 spiro atoms. The van der Waals surface area contributed by atoms with Crippen LogP contribution in [0.25, 0.3) is 5.52 Å². The van der Waals surface area contributed by atoms with Crippen LogP contribution in [0.15, 0.2) is 23.0 Å². The van der Waals surface area contributed by atoms with Gasteiger partial charge in [-0.1, -0.05) is 5.16 Å². The molecule has 6 nitrogen and oxygen atoms in total. The van der Waals surface area contributed by atoms with Crippen LogP contribution in [0, 0.1) is 20.8 Å². The number of anilines is 1. The molecule has 0 saturated heterocycles. The number of rotatable bonds is 3. The summed E-state index contributed by atoms with van der Waals surface area (Å²) in [4.78, 5) is 4.41. The van der Waals surface area contributed by atoms with Gasteiger partial charge in [-0.3, -0.25) is 0 Å². The molecule has 0 amide bonds. The van der Waals surface area contributed by atoms with Crippen LogP contribution in [-0.4, -0.2) is 19.8 Å². The van der Waals surface area contributed by atoms with Crippen molar-refractivity contribution in [3.8, 4) is 0 Å². The molecule has 0 aliphatic carbocycles. The van der Waals surface area contributed by atoms with E-state index in [2.05, 4.69) is 27.5 Å². The molecule has 3 rings (SSSR count). The highest BCUT2D eigenvalue weighted by atomic mass is 16.5. The van der Waals surface area contributed by atoms with Crippen molar-refractivity contribution in [1.29, 1.82) is 0 Å². The van der Waals surface area contributed by atoms with Crippen LogP contribution in [-0.2, 0) is 0 Å². The van der Waals surface area contributed by atoms with Crippen LogP contribution in [0.5, 0.6) is 0 Å². The van der Waals surface area contributed by atoms with Crippen molar-refractivity contribution in [2.24, 2.45) is 0 Å². The summed E-state index contributed by atoms with van der Waals surface area (Å²) in [6.45, 7) is 7.90. The maximum Gasteiger partial charge on any atom is 0.152 e. The van der Waals surface area contributed by atoms with Gasteiger partial charge in [0.25, 0.3) is 0 Å². The largest absolute Gasteiger partial charge is 0.362 e. The van der Waals surface area contributed by atoms with Crippen LogP contribution < -0.4 is 5.32 Å². The summed E-state index contributed by atoms with van der Waals surface area (Å²) in [7, 11) is 0. The van der Waals surface area contributed by atoms with Crippen LogP contribution in [0.4, 0.5) is 5.82 Å². The van der Waals surface area contributed by atoms with Gasteiger partial charge in [-0.25, -0.2) is 9.50 Å². The first-order valence-corrected chi connectivity index (χ1v) is 6.56. The van der Waals surface area contributed by atoms with E-state index >= 15 is 0 Å². The van der Waals surface area contributed by atoms with Crippen LogP contribution in [0.2, 0.25) is 0 Å². The van der Waals surface area contributed by atoms with Gasteiger partial charge in [0, 0.05) is 18.0 Å². The molecule has 1 unspecified atom stereocenters. The molecular weight excluding hydrogens is 254 g/mol. The standard InChI is InChI=1S/C14H17N5O/c1-8-7-12-14(15-5-6-19(12)17-8)16-9(2)13-10(3)18-20-11(13)4/h5-7,9H,1-4H3,(H,15,16). The van der Waals surface area contributed by atoms with Crippen LogP contribution in [0.3, 0.4) is 0 Å². The molecule has 3 heterocycles. The van der Waals surface area contributed by atoms with Crippen molar-refractivity contribution in [3.05, 3.63) is 41.2 Å². The lowest BCUT2D eigenvalue weighted by molar-refractivity contribution is 0.392. The van der Waals surface area contributed by atoms with E-state index in [1.54, 1.807) is 6.20 Å². The molecular formula is C14H17N5O. The average molecular weight is 271 g/mol. The second kappa shape index (κ2) is 4.63. The van der Waals surface area contributed by atoms with E-state index in [1.165, 1.54) is 0 Å². The number of hydrogen-bond donors (Lipinski definition) is 1. The predicted molar refractivity (Wildman–Crippen MR) is 75.7 cm³/mol. The Bertz CT molecular complexity index is 739. The summed E-state index contributed by atoms with van der Waals surface area (Å²) in [6.07, 6.45) is 3.58. The third-order valence-electron chi connectivity index (χ3n) is 3.39. The first kappa shape index (κ1) is 12.7. The molecule has 6 heteroatoms. The summed E-state index contributed by atoms with van der Waals surface area (Å²) in [6, 6.07) is 2.07. The van der Waals surface area contributed by atoms with Crippen molar-refractivity contribution >= 4 is 11.3 Å². The van der Waals surface area contributed by atoms with Crippen molar-refractivity contribution in [2.75, 3.05) is 5.32 Å². The van der Waals surface area contributed by atoms with E-state index in [-0.39, 0.29) is 6.04 Å². The number of hydrogen-bond acceptors (Lipinski definition) is 5. The van der Waals surface area contributed by atoms with E-state index in [0.717, 1.165) is 34.0 Å². The molecule has 0 aliphatic heterocycles. The highest BCUT2D eigenvalue weighted by Gasteiger charge is 2.17. The van der Waals surface area contributed by atoms with Crippen LogP contribution in [0.1, 0.15) is 35.7 Å². The fourth-order valence-electron chi connectivity index (χ4n) is 2.54. The molecule has 0 bridgehead atoms. The topological polar surface area (TPSA) is 68.2 Å². The van der Waals surface area contributed by atoms with Gasteiger partial charge in [0.05, 0.1) is 17.4 Å². The summed E-state index contributed by atoms with van der Waals surface area (Å²) in [5, 5.41) is 11.8. The molecule has 1 N–H and O–H groups in total. The minimum atomic E-state index is 0.0650. The smallest absolute Gasteiger partial charge is 0.152 e. The molecule has 0 fully saturated rings. The van der Waals surface area contributed by atoms with Gasteiger partial charge in [-0.15, -0.1) is 0 Å². The monoisotopic (exact) mass is 271 g/mol. The quantitative estimate of drug-likeness (QED) is 0.793. The van der Waals surface area contributed by atoms with E-state index < -0.39 is 0 Å². The number of aromatic nitrogens is 4. The molecule has 20 heavy (non-hydrogen) atoms. The maximum absolute atomic E-state index is 5.22. The Morgan fingerprint density at radius 1 is 1.30 bits per heavy atom. The predicted octanol–water partition coefficient (Wildman–Crippen LogP) is 2.82. The Hall–Kier alpha value is -2.37. The third-order valence-corrected chi connectivity index (χ3v) is 3.39. The van der Waals surface area contributed by atoms with Gasteiger partial charge < -0.3 is 9.84 Å². The number of nitrogens with zero attached hydrogens (tertiary/aromatic N) is 4. The second-order valence-electron chi connectivity index (χ2n) is 5.00. The molecule has 0 aliphatic rings. The van der Waals surface area contributed by atoms with E-state index in [9.17, 15) is 0 Å². The van der Waals surface area contributed by atoms with Gasteiger partial charge in [0.2, 0.25) is 0 Å². The lowest BCUT2D eigenvalue weighted by atomic mass is 10.1. The zero-order chi connectivity index (χ0) is 14.3. The van der Waals surface area contributed by atoms with Gasteiger partial charge in [-0.2, -0.15) is 5.10 Å². The lowest BCUT2D eigenvalue weighted by Gasteiger charge is -2.14. The maximum atomic E-state index is 5.22. The number of aryl methyl sites for hydroxylation is 3. The molecule has 0 radical (unpaired) electrons. The zero-order valence-corrected chi connectivity index (χ0v) is 12.0. The molecule has 0 aromatic carbocycles.